The first-order valence-electron chi connectivity index (χ1n) is 11.4. The van der Waals surface area contributed by atoms with Crippen LogP contribution in [-0.2, 0) is 21.4 Å². The molecule has 0 unspecified atom stereocenters. The minimum absolute atomic E-state index is 0.0518. The summed E-state index contributed by atoms with van der Waals surface area (Å²) in [6, 6.07) is 14.6. The first-order valence-corrected chi connectivity index (χ1v) is 13.2. The molecular weight excluding hydrogens is 438 g/mol. The lowest BCUT2D eigenvalue weighted by Crippen LogP contribution is -2.52. The zero-order valence-electron chi connectivity index (χ0n) is 18.9. The van der Waals surface area contributed by atoms with E-state index < -0.39 is 10.0 Å². The van der Waals surface area contributed by atoms with Gasteiger partial charge in [0.25, 0.3) is 0 Å². The van der Waals surface area contributed by atoms with Crippen molar-refractivity contribution in [2.75, 3.05) is 31.2 Å². The van der Waals surface area contributed by atoms with E-state index in [4.69, 9.17) is 0 Å². The van der Waals surface area contributed by atoms with Gasteiger partial charge in [-0.3, -0.25) is 9.69 Å². The van der Waals surface area contributed by atoms with Gasteiger partial charge in [0.15, 0.2) is 5.82 Å². The molecule has 1 saturated carbocycles. The number of carbonyl (C=O) groups excluding carboxylic acids is 1. The summed E-state index contributed by atoms with van der Waals surface area (Å²) >= 11 is 0. The van der Waals surface area contributed by atoms with Gasteiger partial charge < -0.3 is 5.32 Å². The maximum absolute atomic E-state index is 12.1. The molecule has 2 aliphatic rings. The molecule has 33 heavy (non-hydrogen) atoms. The maximum Gasteiger partial charge on any atom is 0.228 e. The normalized spacial score (nSPS) is 20.2. The van der Waals surface area contributed by atoms with Gasteiger partial charge >= 0.3 is 0 Å². The average molecular weight is 468 g/mol. The van der Waals surface area contributed by atoms with E-state index >= 15 is 0 Å². The topological polar surface area (TPSA) is 87.0 Å². The van der Waals surface area contributed by atoms with Gasteiger partial charge in [-0.2, -0.15) is 9.40 Å². The standard InChI is InChI=1S/C24H29N5O3S/c1-17-15-28(33(2,31)32)13-12-27(17)16-18-5-7-19(8-6-18)21-4-3-11-29-22(21)14-23(26-29)25-24(30)20-9-10-20/h3-8,11,14,17,20H,9-10,12-13,15-16H2,1-2H3,(H,25,26,30)/t17-/m1/s1. The predicted octanol–water partition coefficient (Wildman–Crippen LogP) is 2.82. The van der Waals surface area contributed by atoms with Crippen molar-refractivity contribution < 1.29 is 13.2 Å². The fourth-order valence-corrected chi connectivity index (χ4v) is 5.32. The maximum atomic E-state index is 12.1. The average Bonchev–Trinajstić information content (AvgIpc) is 3.55. The van der Waals surface area contributed by atoms with Gasteiger partial charge in [0.1, 0.15) is 0 Å². The summed E-state index contributed by atoms with van der Waals surface area (Å²) in [5.74, 6) is 0.771. The van der Waals surface area contributed by atoms with Crippen LogP contribution in [0, 0.1) is 5.92 Å². The van der Waals surface area contributed by atoms with Gasteiger partial charge in [-0.05, 0) is 37.0 Å². The number of fused-ring (bicyclic) bond motifs is 1. The number of carbonyl (C=O) groups is 1. The van der Waals surface area contributed by atoms with Crippen LogP contribution in [0.1, 0.15) is 25.3 Å². The Morgan fingerprint density at radius 2 is 1.91 bits per heavy atom. The van der Waals surface area contributed by atoms with Gasteiger partial charge in [-0.25, -0.2) is 12.9 Å². The van der Waals surface area contributed by atoms with Crippen molar-refractivity contribution in [2.45, 2.75) is 32.4 Å². The highest BCUT2D eigenvalue weighted by atomic mass is 32.2. The number of hydrogen-bond acceptors (Lipinski definition) is 5. The van der Waals surface area contributed by atoms with E-state index in [0.717, 1.165) is 42.6 Å². The van der Waals surface area contributed by atoms with E-state index in [2.05, 4.69) is 52.6 Å². The van der Waals surface area contributed by atoms with Crippen molar-refractivity contribution in [2.24, 2.45) is 5.92 Å². The van der Waals surface area contributed by atoms with Gasteiger partial charge in [0.05, 0.1) is 11.8 Å². The Kier molecular flexibility index (Phi) is 5.72. The lowest BCUT2D eigenvalue weighted by molar-refractivity contribution is -0.117. The predicted molar refractivity (Wildman–Crippen MR) is 128 cm³/mol. The minimum Gasteiger partial charge on any atom is -0.309 e. The van der Waals surface area contributed by atoms with Crippen molar-refractivity contribution in [1.29, 1.82) is 0 Å². The molecule has 0 spiro atoms. The van der Waals surface area contributed by atoms with Crippen LogP contribution in [0.4, 0.5) is 5.82 Å². The number of rotatable bonds is 6. The van der Waals surface area contributed by atoms with E-state index in [9.17, 15) is 13.2 Å². The zero-order chi connectivity index (χ0) is 23.2. The molecule has 2 fully saturated rings. The van der Waals surface area contributed by atoms with Gasteiger partial charge in [0.2, 0.25) is 15.9 Å². The van der Waals surface area contributed by atoms with Crippen LogP contribution < -0.4 is 5.32 Å². The van der Waals surface area contributed by atoms with Crippen molar-refractivity contribution >= 4 is 27.3 Å². The molecule has 5 rings (SSSR count). The van der Waals surface area contributed by atoms with E-state index in [1.54, 1.807) is 8.82 Å². The number of aromatic nitrogens is 2. The first kappa shape index (κ1) is 22.1. The summed E-state index contributed by atoms with van der Waals surface area (Å²) in [6.07, 6.45) is 5.09. The number of anilines is 1. The van der Waals surface area contributed by atoms with Crippen LogP contribution in [-0.4, -0.2) is 65.1 Å². The fourth-order valence-electron chi connectivity index (χ4n) is 4.42. The van der Waals surface area contributed by atoms with Gasteiger partial charge in [0, 0.05) is 56.0 Å². The molecule has 0 bridgehead atoms. The van der Waals surface area contributed by atoms with Gasteiger partial charge in [-0.1, -0.05) is 30.3 Å². The molecule has 3 heterocycles. The number of piperazine rings is 1. The summed E-state index contributed by atoms with van der Waals surface area (Å²) in [6.45, 7) is 4.64. The van der Waals surface area contributed by atoms with Crippen molar-refractivity contribution in [1.82, 2.24) is 18.8 Å². The molecule has 1 aliphatic carbocycles. The second-order valence-corrected chi connectivity index (χ2v) is 11.2. The van der Waals surface area contributed by atoms with Gasteiger partial charge in [-0.15, -0.1) is 0 Å². The second kappa shape index (κ2) is 8.55. The van der Waals surface area contributed by atoms with Crippen LogP contribution in [0.5, 0.6) is 0 Å². The number of sulfonamides is 1. The molecule has 8 nitrogen and oxygen atoms in total. The van der Waals surface area contributed by atoms with Crippen LogP contribution in [0.15, 0.2) is 48.7 Å². The highest BCUT2D eigenvalue weighted by molar-refractivity contribution is 7.88. The van der Waals surface area contributed by atoms with Crippen molar-refractivity contribution in [3.05, 3.63) is 54.2 Å². The molecule has 3 aromatic rings. The number of nitrogens with one attached hydrogen (secondary N) is 1. The van der Waals surface area contributed by atoms with E-state index in [-0.39, 0.29) is 17.9 Å². The van der Waals surface area contributed by atoms with Crippen LogP contribution >= 0.6 is 0 Å². The molecule has 1 aromatic carbocycles. The summed E-state index contributed by atoms with van der Waals surface area (Å²) in [5.41, 5.74) is 4.27. The Labute approximate surface area is 194 Å². The summed E-state index contributed by atoms with van der Waals surface area (Å²) in [7, 11) is -3.14. The third-order valence-corrected chi connectivity index (χ3v) is 7.82. The number of benzene rings is 1. The van der Waals surface area contributed by atoms with Crippen molar-refractivity contribution in [3.8, 4) is 11.1 Å². The van der Waals surface area contributed by atoms with E-state index in [1.165, 1.54) is 11.8 Å². The SMILES string of the molecule is C[C@@H]1CN(S(C)(=O)=O)CCN1Cc1ccc(-c2cccn3nc(NC(=O)C4CC4)cc23)cc1. The highest BCUT2D eigenvalue weighted by Crippen LogP contribution is 2.31. The highest BCUT2D eigenvalue weighted by Gasteiger charge is 2.30. The third-order valence-electron chi connectivity index (χ3n) is 6.55. The molecular formula is C24H29N5O3S. The third kappa shape index (κ3) is 4.80. The molecule has 1 aliphatic heterocycles. The summed E-state index contributed by atoms with van der Waals surface area (Å²) in [5, 5.41) is 7.43. The Bertz CT molecular complexity index is 1280. The summed E-state index contributed by atoms with van der Waals surface area (Å²) in [4.78, 5) is 14.4. The number of hydrogen-bond donors (Lipinski definition) is 1. The molecule has 1 saturated heterocycles. The largest absolute Gasteiger partial charge is 0.309 e. The minimum atomic E-state index is -3.14. The quantitative estimate of drug-likeness (QED) is 0.602. The molecule has 1 amide bonds. The Hall–Kier alpha value is -2.75. The molecule has 174 valence electrons. The lowest BCUT2D eigenvalue weighted by atomic mass is 10.0. The zero-order valence-corrected chi connectivity index (χ0v) is 19.8. The van der Waals surface area contributed by atoms with Crippen LogP contribution in [0.25, 0.3) is 16.6 Å². The second-order valence-electron chi connectivity index (χ2n) is 9.18. The molecule has 0 radical (unpaired) electrons. The lowest BCUT2D eigenvalue weighted by Gasteiger charge is -2.38. The molecule has 2 aromatic heterocycles. The number of pyridine rings is 1. The fraction of sp³-hybridized carbons (Fsp3) is 0.417. The Morgan fingerprint density at radius 3 is 2.58 bits per heavy atom. The smallest absolute Gasteiger partial charge is 0.228 e. The number of nitrogens with zero attached hydrogens (tertiary/aromatic N) is 4. The molecule has 1 atom stereocenters. The van der Waals surface area contributed by atoms with E-state index in [1.807, 2.05) is 18.3 Å². The molecule has 9 heteroatoms. The van der Waals surface area contributed by atoms with Crippen molar-refractivity contribution in [3.63, 3.8) is 0 Å². The number of amides is 1. The van der Waals surface area contributed by atoms with E-state index in [0.29, 0.717) is 18.9 Å². The monoisotopic (exact) mass is 467 g/mol. The Morgan fingerprint density at radius 1 is 1.15 bits per heavy atom. The van der Waals surface area contributed by atoms with Crippen LogP contribution in [0.3, 0.4) is 0 Å². The summed E-state index contributed by atoms with van der Waals surface area (Å²) < 4.78 is 27.0. The first-order chi connectivity index (χ1) is 15.8. The molecule has 1 N–H and O–H groups in total. The Balaban J connectivity index is 1.30. The van der Waals surface area contributed by atoms with Crippen LogP contribution in [0.2, 0.25) is 0 Å².